The number of benzene rings is 2. The minimum Gasteiger partial charge on any atom is -0.302 e. The van der Waals surface area contributed by atoms with Crippen LogP contribution in [0.15, 0.2) is 59.0 Å². The highest BCUT2D eigenvalue weighted by Gasteiger charge is 2.18. The lowest BCUT2D eigenvalue weighted by Gasteiger charge is -2.13. The summed E-state index contributed by atoms with van der Waals surface area (Å²) in [5.41, 5.74) is 2.27. The van der Waals surface area contributed by atoms with Crippen molar-refractivity contribution in [2.45, 2.75) is 11.8 Å². The van der Waals surface area contributed by atoms with Crippen molar-refractivity contribution in [3.63, 3.8) is 0 Å². The van der Waals surface area contributed by atoms with Crippen molar-refractivity contribution in [3.8, 4) is 12.1 Å². The summed E-state index contributed by atoms with van der Waals surface area (Å²) in [5, 5.41) is 18.5. The monoisotopic (exact) mass is 308 g/mol. The van der Waals surface area contributed by atoms with E-state index in [1.165, 1.54) is 6.07 Å². The molecule has 4 nitrogen and oxygen atoms in total. The molecule has 2 rings (SSSR count). The van der Waals surface area contributed by atoms with Crippen molar-refractivity contribution < 1.29 is 8.76 Å². The standard InChI is InChI=1S/C17H12N2O2S/c1-12-6-2-3-7-14(12)17(13(10-18)11-19)15-8-4-5-9-16(15)22(20)21/h2-9H,1H3,(H,20,21). The fourth-order valence-electron chi connectivity index (χ4n) is 2.23. The van der Waals surface area contributed by atoms with Crippen molar-refractivity contribution >= 4 is 16.7 Å². The Balaban J connectivity index is 2.88. The lowest BCUT2D eigenvalue weighted by molar-refractivity contribution is 0.564. The molecule has 0 saturated carbocycles. The van der Waals surface area contributed by atoms with E-state index in [0.717, 1.165) is 5.56 Å². The van der Waals surface area contributed by atoms with Gasteiger partial charge in [-0.3, -0.25) is 0 Å². The van der Waals surface area contributed by atoms with Crippen LogP contribution in [0.3, 0.4) is 0 Å². The van der Waals surface area contributed by atoms with E-state index in [2.05, 4.69) is 0 Å². The Morgan fingerprint density at radius 1 is 1.00 bits per heavy atom. The van der Waals surface area contributed by atoms with Crippen molar-refractivity contribution in [2.75, 3.05) is 0 Å². The predicted molar refractivity (Wildman–Crippen MR) is 83.9 cm³/mol. The van der Waals surface area contributed by atoms with Crippen LogP contribution in [-0.4, -0.2) is 8.76 Å². The largest absolute Gasteiger partial charge is 0.302 e. The van der Waals surface area contributed by atoms with Crippen molar-refractivity contribution in [3.05, 3.63) is 70.8 Å². The van der Waals surface area contributed by atoms with E-state index in [1.54, 1.807) is 30.3 Å². The summed E-state index contributed by atoms with van der Waals surface area (Å²) in [6.07, 6.45) is 0. The maximum absolute atomic E-state index is 11.6. The molecule has 2 aromatic carbocycles. The van der Waals surface area contributed by atoms with Gasteiger partial charge in [0, 0.05) is 11.1 Å². The quantitative estimate of drug-likeness (QED) is 0.695. The highest BCUT2D eigenvalue weighted by Crippen LogP contribution is 2.32. The Bertz CT molecular complexity index is 841. The highest BCUT2D eigenvalue weighted by molar-refractivity contribution is 7.79. The molecule has 5 heteroatoms. The third-order valence-electron chi connectivity index (χ3n) is 3.23. The van der Waals surface area contributed by atoms with Gasteiger partial charge < -0.3 is 4.55 Å². The van der Waals surface area contributed by atoms with Gasteiger partial charge >= 0.3 is 0 Å². The van der Waals surface area contributed by atoms with Gasteiger partial charge in [-0.25, -0.2) is 4.21 Å². The molecule has 108 valence electrons. The second kappa shape index (κ2) is 6.82. The summed E-state index contributed by atoms with van der Waals surface area (Å²) in [7, 11) is 0. The van der Waals surface area contributed by atoms with E-state index in [0.29, 0.717) is 16.7 Å². The average Bonchev–Trinajstić information content (AvgIpc) is 2.53. The molecule has 1 atom stereocenters. The zero-order valence-electron chi connectivity index (χ0n) is 11.8. The zero-order valence-corrected chi connectivity index (χ0v) is 12.6. The highest BCUT2D eigenvalue weighted by atomic mass is 32.2. The van der Waals surface area contributed by atoms with Gasteiger partial charge in [-0.2, -0.15) is 10.5 Å². The normalized spacial score (nSPS) is 11.1. The van der Waals surface area contributed by atoms with E-state index >= 15 is 0 Å². The second-order valence-electron chi connectivity index (χ2n) is 4.53. The molecule has 0 heterocycles. The molecule has 0 radical (unpaired) electrons. The predicted octanol–water partition coefficient (Wildman–Crippen LogP) is 3.42. The molecular formula is C17H12N2O2S. The van der Waals surface area contributed by atoms with Gasteiger partial charge in [0.25, 0.3) is 0 Å². The fourth-order valence-corrected chi connectivity index (χ4v) is 2.78. The molecular weight excluding hydrogens is 296 g/mol. The van der Waals surface area contributed by atoms with Crippen LogP contribution in [0.2, 0.25) is 0 Å². The third kappa shape index (κ3) is 2.96. The molecule has 0 spiro atoms. The first-order valence-corrected chi connectivity index (χ1v) is 7.51. The van der Waals surface area contributed by atoms with Crippen LogP contribution in [0, 0.1) is 29.6 Å². The van der Waals surface area contributed by atoms with Crippen LogP contribution < -0.4 is 0 Å². The van der Waals surface area contributed by atoms with Crippen LogP contribution in [-0.2, 0) is 11.1 Å². The first kappa shape index (κ1) is 15.7. The average molecular weight is 308 g/mol. The van der Waals surface area contributed by atoms with Crippen LogP contribution in [0.1, 0.15) is 16.7 Å². The minimum atomic E-state index is -2.21. The molecule has 0 aliphatic heterocycles. The minimum absolute atomic E-state index is 0.0906. The lowest BCUT2D eigenvalue weighted by Crippen LogP contribution is -2.01. The van der Waals surface area contributed by atoms with E-state index in [-0.39, 0.29) is 10.5 Å². The number of nitrogens with zero attached hydrogens (tertiary/aromatic N) is 2. The van der Waals surface area contributed by atoms with Crippen molar-refractivity contribution in [1.82, 2.24) is 0 Å². The number of nitriles is 2. The summed E-state index contributed by atoms with van der Waals surface area (Å²) in [6.45, 7) is 1.86. The SMILES string of the molecule is Cc1ccccc1C(=C(C#N)C#N)c1ccccc1S(=O)O. The topological polar surface area (TPSA) is 84.9 Å². The second-order valence-corrected chi connectivity index (χ2v) is 5.47. The van der Waals surface area contributed by atoms with E-state index in [1.807, 2.05) is 31.2 Å². The first-order valence-electron chi connectivity index (χ1n) is 6.41. The Morgan fingerprint density at radius 3 is 2.09 bits per heavy atom. The molecule has 22 heavy (non-hydrogen) atoms. The molecule has 0 aliphatic rings. The Labute approximate surface area is 131 Å². The molecule has 2 aromatic rings. The maximum atomic E-state index is 11.6. The van der Waals surface area contributed by atoms with Crippen LogP contribution in [0.5, 0.6) is 0 Å². The van der Waals surface area contributed by atoms with Gasteiger partial charge in [0.1, 0.15) is 17.7 Å². The molecule has 1 N–H and O–H groups in total. The van der Waals surface area contributed by atoms with Crippen molar-refractivity contribution in [1.29, 1.82) is 10.5 Å². The Kier molecular flexibility index (Phi) is 4.85. The van der Waals surface area contributed by atoms with Gasteiger partial charge in [0.15, 0.2) is 11.1 Å². The molecule has 0 fully saturated rings. The van der Waals surface area contributed by atoms with Crippen LogP contribution >= 0.6 is 0 Å². The smallest absolute Gasteiger partial charge is 0.187 e. The molecule has 0 aromatic heterocycles. The molecule has 0 saturated heterocycles. The van der Waals surface area contributed by atoms with Gasteiger partial charge in [0.2, 0.25) is 0 Å². The summed E-state index contributed by atoms with van der Waals surface area (Å²) in [4.78, 5) is 0.170. The maximum Gasteiger partial charge on any atom is 0.187 e. The van der Waals surface area contributed by atoms with Crippen molar-refractivity contribution in [2.24, 2.45) is 0 Å². The van der Waals surface area contributed by atoms with Crippen LogP contribution in [0.4, 0.5) is 0 Å². The van der Waals surface area contributed by atoms with E-state index in [9.17, 15) is 19.3 Å². The first-order chi connectivity index (χ1) is 10.6. The number of aryl methyl sites for hydroxylation is 1. The van der Waals surface area contributed by atoms with Gasteiger partial charge in [-0.05, 0) is 24.1 Å². The van der Waals surface area contributed by atoms with Gasteiger partial charge in [-0.1, -0.05) is 42.5 Å². The fraction of sp³-hybridized carbons (Fsp3) is 0.0588. The zero-order chi connectivity index (χ0) is 16.1. The summed E-state index contributed by atoms with van der Waals surface area (Å²) in [5.74, 6) is 0. The molecule has 0 amide bonds. The van der Waals surface area contributed by atoms with E-state index < -0.39 is 11.1 Å². The van der Waals surface area contributed by atoms with Gasteiger partial charge in [0.05, 0.1) is 4.90 Å². The number of hydrogen-bond donors (Lipinski definition) is 1. The molecule has 1 unspecified atom stereocenters. The van der Waals surface area contributed by atoms with Gasteiger partial charge in [-0.15, -0.1) is 0 Å². The van der Waals surface area contributed by atoms with E-state index in [4.69, 9.17) is 0 Å². The summed E-state index contributed by atoms with van der Waals surface area (Å²) < 4.78 is 21.0. The number of rotatable bonds is 3. The van der Waals surface area contributed by atoms with Crippen LogP contribution in [0.25, 0.3) is 5.57 Å². The number of hydrogen-bond acceptors (Lipinski definition) is 3. The third-order valence-corrected chi connectivity index (χ3v) is 3.96. The summed E-state index contributed by atoms with van der Waals surface area (Å²) in [6, 6.07) is 17.6. The molecule has 0 bridgehead atoms. The Morgan fingerprint density at radius 2 is 1.55 bits per heavy atom. The Hall–Kier alpha value is -2.73. The number of allylic oxidation sites excluding steroid dienone is 1. The summed E-state index contributed by atoms with van der Waals surface area (Å²) >= 11 is -2.21. The molecule has 0 aliphatic carbocycles. The lowest BCUT2D eigenvalue weighted by atomic mass is 9.91.